The number of aromatic nitrogens is 1. The lowest BCUT2D eigenvalue weighted by molar-refractivity contribution is -0.133. The van der Waals surface area contributed by atoms with Crippen LogP contribution in [0, 0.1) is 0 Å². The molecule has 0 saturated heterocycles. The fourth-order valence-electron chi connectivity index (χ4n) is 5.00. The molecule has 0 fully saturated rings. The Bertz CT molecular complexity index is 1360. The van der Waals surface area contributed by atoms with E-state index in [1.807, 2.05) is 35.2 Å². The van der Waals surface area contributed by atoms with E-state index < -0.39 is 0 Å². The highest BCUT2D eigenvalue weighted by Gasteiger charge is 2.20. The van der Waals surface area contributed by atoms with Gasteiger partial charge in [-0.05, 0) is 58.7 Å². The Balaban J connectivity index is 1.52. The first-order valence-electron chi connectivity index (χ1n) is 14.1. The van der Waals surface area contributed by atoms with E-state index in [2.05, 4.69) is 79.3 Å². The Morgan fingerprint density at radius 3 is 2.27 bits per heavy atom. The van der Waals surface area contributed by atoms with Gasteiger partial charge >= 0.3 is 0 Å². The number of H-pyrrole nitrogens is 1. The molecule has 1 amide bonds. The Labute approximate surface area is 244 Å². The summed E-state index contributed by atoms with van der Waals surface area (Å²) in [6, 6.07) is 24.9. The quantitative estimate of drug-likeness (QED) is 0.176. The molecule has 5 nitrogen and oxygen atoms in total. The second kappa shape index (κ2) is 14.0. The minimum absolute atomic E-state index is 0.0910. The van der Waals surface area contributed by atoms with Gasteiger partial charge in [0, 0.05) is 62.0 Å². The zero-order chi connectivity index (χ0) is 28.5. The van der Waals surface area contributed by atoms with Gasteiger partial charge in [-0.1, -0.05) is 87.0 Å². The molecule has 40 heavy (non-hydrogen) atoms. The first kappa shape index (κ1) is 29.9. The molecule has 6 heteroatoms. The van der Waals surface area contributed by atoms with Crippen molar-refractivity contribution in [2.45, 2.75) is 52.1 Å². The van der Waals surface area contributed by atoms with Crippen LogP contribution < -0.4 is 0 Å². The van der Waals surface area contributed by atoms with Crippen LogP contribution in [0.15, 0.2) is 79.0 Å². The molecular weight excluding hydrogens is 518 g/mol. The van der Waals surface area contributed by atoms with Gasteiger partial charge in [-0.15, -0.1) is 0 Å². The Hall–Kier alpha value is -3.12. The molecule has 0 bridgehead atoms. The molecule has 1 heterocycles. The van der Waals surface area contributed by atoms with Crippen LogP contribution in [0.4, 0.5) is 0 Å². The topological polar surface area (TPSA) is 48.6 Å². The minimum Gasteiger partial charge on any atom is -0.385 e. The molecule has 4 aromatic rings. The zero-order valence-corrected chi connectivity index (χ0v) is 25.0. The molecule has 0 saturated carbocycles. The van der Waals surface area contributed by atoms with Crippen LogP contribution in [0.25, 0.3) is 10.9 Å². The standard InChI is InChI=1S/C34H42ClN3O2/c1-34(2,3)29-14-10-27(11-15-29)24-38(20-18-28-22-36-32-9-6-5-8-31(28)32)33(39)25-37(19-7-21-40-4)23-26-12-16-30(35)17-13-26/h5-6,8-17,22,36H,7,18-21,23-25H2,1-4H3. The first-order chi connectivity index (χ1) is 19.2. The van der Waals surface area contributed by atoms with Crippen molar-refractivity contribution in [3.63, 3.8) is 0 Å². The molecule has 0 radical (unpaired) electrons. The van der Waals surface area contributed by atoms with Crippen LogP contribution >= 0.6 is 11.6 Å². The maximum Gasteiger partial charge on any atom is 0.237 e. The Morgan fingerprint density at radius 2 is 1.57 bits per heavy atom. The highest BCUT2D eigenvalue weighted by molar-refractivity contribution is 6.30. The van der Waals surface area contributed by atoms with E-state index in [4.69, 9.17) is 16.3 Å². The zero-order valence-electron chi connectivity index (χ0n) is 24.3. The van der Waals surface area contributed by atoms with E-state index in [-0.39, 0.29) is 11.3 Å². The molecule has 212 valence electrons. The van der Waals surface area contributed by atoms with Crippen molar-refractivity contribution in [3.05, 3.63) is 106 Å². The number of halogens is 1. The Morgan fingerprint density at radius 1 is 0.900 bits per heavy atom. The van der Waals surface area contributed by atoms with E-state index in [9.17, 15) is 4.79 Å². The van der Waals surface area contributed by atoms with Crippen molar-refractivity contribution < 1.29 is 9.53 Å². The molecule has 0 spiro atoms. The van der Waals surface area contributed by atoms with Crippen LogP contribution in [0.5, 0.6) is 0 Å². The van der Waals surface area contributed by atoms with Crippen LogP contribution in [-0.4, -0.2) is 54.0 Å². The lowest BCUT2D eigenvalue weighted by Gasteiger charge is -2.28. The third-order valence-electron chi connectivity index (χ3n) is 7.37. The fourth-order valence-corrected chi connectivity index (χ4v) is 5.13. The maximum atomic E-state index is 13.9. The van der Waals surface area contributed by atoms with E-state index >= 15 is 0 Å². The first-order valence-corrected chi connectivity index (χ1v) is 14.5. The summed E-state index contributed by atoms with van der Waals surface area (Å²) in [4.78, 5) is 21.5. The lowest BCUT2D eigenvalue weighted by atomic mass is 9.87. The molecule has 0 atom stereocenters. The SMILES string of the molecule is COCCCN(CC(=O)N(CCc1c[nH]c2ccccc12)Cc1ccc(C(C)(C)C)cc1)Cc1ccc(Cl)cc1. The Kier molecular flexibility index (Phi) is 10.4. The van der Waals surface area contributed by atoms with Gasteiger partial charge in [0.15, 0.2) is 0 Å². The van der Waals surface area contributed by atoms with Crippen molar-refractivity contribution in [2.75, 3.05) is 33.4 Å². The lowest BCUT2D eigenvalue weighted by Crippen LogP contribution is -2.41. The number of amides is 1. The predicted molar refractivity (Wildman–Crippen MR) is 166 cm³/mol. The number of benzene rings is 3. The van der Waals surface area contributed by atoms with Gasteiger partial charge in [0.25, 0.3) is 0 Å². The molecule has 3 aromatic carbocycles. The summed E-state index contributed by atoms with van der Waals surface area (Å²) >= 11 is 6.11. The second-order valence-electron chi connectivity index (χ2n) is 11.6. The van der Waals surface area contributed by atoms with Gasteiger partial charge in [0.2, 0.25) is 5.91 Å². The molecule has 4 rings (SSSR count). The highest BCUT2D eigenvalue weighted by Crippen LogP contribution is 2.23. The number of ether oxygens (including phenoxy) is 1. The van der Waals surface area contributed by atoms with Crippen LogP contribution in [0.3, 0.4) is 0 Å². The molecule has 0 aliphatic heterocycles. The third-order valence-corrected chi connectivity index (χ3v) is 7.63. The number of nitrogens with zero attached hydrogens (tertiary/aromatic N) is 2. The van der Waals surface area contributed by atoms with Crippen molar-refractivity contribution in [3.8, 4) is 0 Å². The summed E-state index contributed by atoms with van der Waals surface area (Å²) in [5.41, 5.74) is 6.02. The molecule has 0 unspecified atom stereocenters. The van der Waals surface area contributed by atoms with E-state index in [0.29, 0.717) is 37.8 Å². The molecule has 1 N–H and O–H groups in total. The van der Waals surface area contributed by atoms with Crippen molar-refractivity contribution in [2.24, 2.45) is 0 Å². The van der Waals surface area contributed by atoms with E-state index in [1.165, 1.54) is 16.5 Å². The third kappa shape index (κ3) is 8.44. The smallest absolute Gasteiger partial charge is 0.237 e. The largest absolute Gasteiger partial charge is 0.385 e. The van der Waals surface area contributed by atoms with Gasteiger partial charge in [-0.2, -0.15) is 0 Å². The van der Waals surface area contributed by atoms with Crippen LogP contribution in [0.1, 0.15) is 49.4 Å². The average molecular weight is 560 g/mol. The number of methoxy groups -OCH3 is 1. The van der Waals surface area contributed by atoms with Gasteiger partial charge in [0.05, 0.1) is 6.54 Å². The fraction of sp³-hybridized carbons (Fsp3) is 0.382. The number of rotatable bonds is 13. The summed E-state index contributed by atoms with van der Waals surface area (Å²) in [5.74, 6) is 0.131. The summed E-state index contributed by atoms with van der Waals surface area (Å²) in [7, 11) is 1.71. The van der Waals surface area contributed by atoms with Crippen molar-refractivity contribution in [1.82, 2.24) is 14.8 Å². The highest BCUT2D eigenvalue weighted by atomic mass is 35.5. The summed E-state index contributed by atoms with van der Waals surface area (Å²) in [5, 5.41) is 1.93. The van der Waals surface area contributed by atoms with Crippen molar-refractivity contribution >= 4 is 28.4 Å². The number of nitrogens with one attached hydrogen (secondary N) is 1. The number of carbonyl (C=O) groups is 1. The number of carbonyl (C=O) groups excluding carboxylic acids is 1. The normalized spacial score (nSPS) is 11.8. The minimum atomic E-state index is 0.0910. The monoisotopic (exact) mass is 559 g/mol. The number of hydrogen-bond acceptors (Lipinski definition) is 3. The van der Waals surface area contributed by atoms with Crippen LogP contribution in [-0.2, 0) is 34.5 Å². The number of hydrogen-bond donors (Lipinski definition) is 1. The molecule has 1 aromatic heterocycles. The van der Waals surface area contributed by atoms with E-state index in [1.54, 1.807) is 7.11 Å². The second-order valence-corrected chi connectivity index (χ2v) is 12.0. The van der Waals surface area contributed by atoms with E-state index in [0.717, 1.165) is 36.0 Å². The van der Waals surface area contributed by atoms with Gasteiger partial charge in [0.1, 0.15) is 0 Å². The maximum absolute atomic E-state index is 13.9. The summed E-state index contributed by atoms with van der Waals surface area (Å²) in [6.45, 7) is 10.4. The average Bonchev–Trinajstić information content (AvgIpc) is 3.35. The molecular formula is C34H42ClN3O2. The summed E-state index contributed by atoms with van der Waals surface area (Å²) in [6.07, 6.45) is 3.72. The number of para-hydroxylation sites is 1. The number of aromatic amines is 1. The number of fused-ring (bicyclic) bond motifs is 1. The van der Waals surface area contributed by atoms with Gasteiger partial charge < -0.3 is 14.6 Å². The molecule has 0 aliphatic rings. The van der Waals surface area contributed by atoms with Crippen LogP contribution in [0.2, 0.25) is 5.02 Å². The summed E-state index contributed by atoms with van der Waals surface area (Å²) < 4.78 is 5.30. The van der Waals surface area contributed by atoms with Gasteiger partial charge in [-0.3, -0.25) is 9.69 Å². The van der Waals surface area contributed by atoms with Crippen molar-refractivity contribution in [1.29, 1.82) is 0 Å². The predicted octanol–water partition coefficient (Wildman–Crippen LogP) is 7.23. The molecule has 0 aliphatic carbocycles. The van der Waals surface area contributed by atoms with Gasteiger partial charge in [-0.25, -0.2) is 0 Å².